The second-order valence-corrected chi connectivity index (χ2v) is 27.8. The minimum atomic E-state index is -0.663. The summed E-state index contributed by atoms with van der Waals surface area (Å²) >= 11 is 0. The number of ether oxygens (including phenoxy) is 1. The van der Waals surface area contributed by atoms with Gasteiger partial charge in [-0.25, -0.2) is 0 Å². The number of carbonyl (C=O) groups is 2. The van der Waals surface area contributed by atoms with Crippen LogP contribution in [0.5, 0.6) is 0 Å². The van der Waals surface area contributed by atoms with E-state index in [0.717, 1.165) is 44.9 Å². The first kappa shape index (κ1) is 85.3. The Hall–Kier alpha value is -1.66. The Bertz CT molecular complexity index is 1360. The smallest absolute Gasteiger partial charge is 0.305 e. The van der Waals surface area contributed by atoms with E-state index in [-0.39, 0.29) is 18.5 Å². The summed E-state index contributed by atoms with van der Waals surface area (Å²) in [4.78, 5) is 24.6. The molecule has 0 saturated heterocycles. The molecule has 516 valence electrons. The Morgan fingerprint density at radius 1 is 0.322 bits per heavy atom. The van der Waals surface area contributed by atoms with Crippen molar-refractivity contribution >= 4 is 11.9 Å². The van der Waals surface area contributed by atoms with Crippen LogP contribution < -0.4 is 5.32 Å². The van der Waals surface area contributed by atoms with Crippen LogP contribution in [0.25, 0.3) is 0 Å². The maximum absolute atomic E-state index is 12.6. The van der Waals surface area contributed by atoms with Gasteiger partial charge in [0.25, 0.3) is 0 Å². The van der Waals surface area contributed by atoms with Gasteiger partial charge < -0.3 is 20.3 Å². The molecule has 0 aromatic heterocycles. The number of nitrogens with one attached hydrogen (secondary N) is 1. The van der Waals surface area contributed by atoms with Gasteiger partial charge in [0.1, 0.15) is 0 Å². The summed E-state index contributed by atoms with van der Waals surface area (Å²) in [7, 11) is 0. The Labute approximate surface area is 545 Å². The van der Waals surface area contributed by atoms with Gasteiger partial charge >= 0.3 is 5.97 Å². The molecule has 0 heterocycles. The van der Waals surface area contributed by atoms with Crippen molar-refractivity contribution in [2.45, 2.75) is 469 Å². The highest BCUT2D eigenvalue weighted by Gasteiger charge is 2.20. The molecule has 0 rings (SSSR count). The predicted molar refractivity (Wildman–Crippen MR) is 384 cm³/mol. The SMILES string of the molecule is CCCCCCCCCCCCCCCCCCCCCCCC(O)C(CO)NC(=O)CCCCCCCCCCCCCCCCCCC/C=C\C/C=C\CCCCCCCCCCCCCCCOC(=O)CCCCCCCCCCCCCC. The molecule has 2 unspecified atom stereocenters. The van der Waals surface area contributed by atoms with Gasteiger partial charge in [0, 0.05) is 12.8 Å². The number of aliphatic hydroxyl groups excluding tert-OH is 2. The zero-order chi connectivity index (χ0) is 62.8. The molecule has 0 bridgehead atoms. The number of hydrogen-bond acceptors (Lipinski definition) is 5. The number of hydrogen-bond donors (Lipinski definition) is 3. The van der Waals surface area contributed by atoms with Crippen molar-refractivity contribution in [3.8, 4) is 0 Å². The number of carbonyl (C=O) groups excluding carboxylic acids is 2. The highest BCUT2D eigenvalue weighted by molar-refractivity contribution is 5.76. The van der Waals surface area contributed by atoms with E-state index in [0.29, 0.717) is 25.9 Å². The third kappa shape index (κ3) is 73.3. The summed E-state index contributed by atoms with van der Waals surface area (Å²) in [5.74, 6) is -0.00652. The molecular weight excluding hydrogens is 1070 g/mol. The van der Waals surface area contributed by atoms with Crippen LogP contribution in [0.15, 0.2) is 24.3 Å². The lowest BCUT2D eigenvalue weighted by atomic mass is 10.0. The van der Waals surface area contributed by atoms with E-state index in [1.54, 1.807) is 0 Å². The van der Waals surface area contributed by atoms with Gasteiger partial charge in [0.05, 0.1) is 25.4 Å². The quantitative estimate of drug-likeness (QED) is 0.0320. The average Bonchev–Trinajstić information content (AvgIpc) is 3.53. The lowest BCUT2D eigenvalue weighted by Crippen LogP contribution is -2.45. The van der Waals surface area contributed by atoms with Crippen LogP contribution in [0, 0.1) is 0 Å². The zero-order valence-corrected chi connectivity index (χ0v) is 59.3. The molecule has 0 aliphatic rings. The summed E-state index contributed by atoms with van der Waals surface area (Å²) < 4.78 is 5.49. The lowest BCUT2D eigenvalue weighted by Gasteiger charge is -2.22. The van der Waals surface area contributed by atoms with E-state index in [2.05, 4.69) is 43.5 Å². The normalized spacial score (nSPS) is 12.6. The Morgan fingerprint density at radius 3 is 0.874 bits per heavy atom. The van der Waals surface area contributed by atoms with Gasteiger partial charge in [-0.3, -0.25) is 9.59 Å². The second kappa shape index (κ2) is 76.8. The zero-order valence-electron chi connectivity index (χ0n) is 59.3. The first-order valence-corrected chi connectivity index (χ1v) is 40.1. The first-order chi connectivity index (χ1) is 43.0. The molecule has 0 aromatic carbocycles. The molecule has 6 nitrogen and oxygen atoms in total. The van der Waals surface area contributed by atoms with E-state index < -0.39 is 12.1 Å². The van der Waals surface area contributed by atoms with E-state index in [1.165, 1.54) is 379 Å². The third-order valence-corrected chi connectivity index (χ3v) is 19.0. The van der Waals surface area contributed by atoms with Gasteiger partial charge in [0.15, 0.2) is 0 Å². The van der Waals surface area contributed by atoms with Crippen LogP contribution in [0.3, 0.4) is 0 Å². The van der Waals surface area contributed by atoms with Gasteiger partial charge in [0.2, 0.25) is 5.91 Å². The van der Waals surface area contributed by atoms with Gasteiger partial charge in [-0.15, -0.1) is 0 Å². The number of allylic oxidation sites excluding steroid dienone is 4. The van der Waals surface area contributed by atoms with Gasteiger partial charge in [-0.2, -0.15) is 0 Å². The van der Waals surface area contributed by atoms with E-state index >= 15 is 0 Å². The van der Waals surface area contributed by atoms with Crippen LogP contribution in [0.1, 0.15) is 457 Å². The number of esters is 1. The average molecular weight is 1230 g/mol. The first-order valence-electron chi connectivity index (χ1n) is 40.1. The largest absolute Gasteiger partial charge is 0.466 e. The van der Waals surface area contributed by atoms with Gasteiger partial charge in [-0.1, -0.05) is 411 Å². The van der Waals surface area contributed by atoms with Crippen LogP contribution in [0.4, 0.5) is 0 Å². The van der Waals surface area contributed by atoms with Crippen molar-refractivity contribution in [1.29, 1.82) is 0 Å². The number of amides is 1. The fourth-order valence-corrected chi connectivity index (χ4v) is 12.9. The van der Waals surface area contributed by atoms with Crippen molar-refractivity contribution in [3.63, 3.8) is 0 Å². The molecule has 2 atom stereocenters. The number of rotatable bonds is 76. The summed E-state index contributed by atoms with van der Waals surface area (Å²) in [6.45, 7) is 5.00. The third-order valence-electron chi connectivity index (χ3n) is 19.0. The molecule has 0 saturated carbocycles. The van der Waals surface area contributed by atoms with Crippen molar-refractivity contribution in [2.24, 2.45) is 0 Å². The summed E-state index contributed by atoms with van der Waals surface area (Å²) in [5, 5.41) is 23.5. The van der Waals surface area contributed by atoms with Crippen molar-refractivity contribution < 1.29 is 24.5 Å². The summed E-state index contributed by atoms with van der Waals surface area (Å²) in [5.41, 5.74) is 0. The molecule has 0 fully saturated rings. The van der Waals surface area contributed by atoms with E-state index in [9.17, 15) is 19.8 Å². The van der Waals surface area contributed by atoms with Crippen molar-refractivity contribution in [1.82, 2.24) is 5.32 Å². The van der Waals surface area contributed by atoms with Crippen molar-refractivity contribution in [2.75, 3.05) is 13.2 Å². The molecule has 3 N–H and O–H groups in total. The molecule has 0 spiro atoms. The van der Waals surface area contributed by atoms with Crippen LogP contribution in [-0.2, 0) is 14.3 Å². The lowest BCUT2D eigenvalue weighted by molar-refractivity contribution is -0.143. The Morgan fingerprint density at radius 2 is 0.575 bits per heavy atom. The molecule has 0 aliphatic carbocycles. The van der Waals surface area contributed by atoms with Crippen molar-refractivity contribution in [3.05, 3.63) is 24.3 Å². The number of aliphatic hydroxyl groups is 2. The molecular formula is C81H157NO5. The minimum absolute atomic E-state index is 0.0203. The van der Waals surface area contributed by atoms with E-state index in [1.807, 2.05) is 0 Å². The fourth-order valence-electron chi connectivity index (χ4n) is 12.9. The number of unbranched alkanes of at least 4 members (excludes halogenated alkanes) is 61. The standard InChI is InChI=1S/C81H157NO5/c1-3-5-7-9-11-13-15-17-18-19-20-38-41-44-47-50-53-57-61-65-69-73-79(84)78(77-83)82-80(85)74-70-66-62-58-54-51-48-45-42-39-36-34-32-30-28-26-24-22-21-23-25-27-29-31-33-35-37-40-43-46-49-52-56-60-64-68-72-76-87-81(86)75-71-67-63-59-55-16-14-12-10-8-6-4-2/h21,23,27,29,78-79,83-84H,3-20,22,24-26,28,30-77H2,1-2H3,(H,82,85)/b23-21-,29-27-. The monoisotopic (exact) mass is 1220 g/mol. The second-order valence-electron chi connectivity index (χ2n) is 27.8. The molecule has 0 aromatic rings. The fraction of sp³-hybridized carbons (Fsp3) is 0.926. The maximum atomic E-state index is 12.6. The molecule has 87 heavy (non-hydrogen) atoms. The topological polar surface area (TPSA) is 95.9 Å². The Balaban J connectivity index is 3.36. The molecule has 0 aliphatic heterocycles. The summed E-state index contributed by atoms with van der Waals surface area (Å²) in [6.07, 6.45) is 98.5. The van der Waals surface area contributed by atoms with Crippen LogP contribution in [-0.4, -0.2) is 47.4 Å². The molecule has 0 radical (unpaired) electrons. The molecule has 6 heteroatoms. The van der Waals surface area contributed by atoms with Crippen LogP contribution in [0.2, 0.25) is 0 Å². The van der Waals surface area contributed by atoms with E-state index in [4.69, 9.17) is 4.74 Å². The summed E-state index contributed by atoms with van der Waals surface area (Å²) in [6, 6.07) is -0.540. The van der Waals surface area contributed by atoms with Gasteiger partial charge in [-0.05, 0) is 57.8 Å². The highest BCUT2D eigenvalue weighted by Crippen LogP contribution is 2.20. The Kier molecular flexibility index (Phi) is 75.3. The molecule has 1 amide bonds. The highest BCUT2D eigenvalue weighted by atomic mass is 16.5. The maximum Gasteiger partial charge on any atom is 0.305 e. The van der Waals surface area contributed by atoms with Crippen LogP contribution >= 0.6 is 0 Å². The minimum Gasteiger partial charge on any atom is -0.466 e. The predicted octanol–water partition coefficient (Wildman–Crippen LogP) is 26.4.